The highest BCUT2D eigenvalue weighted by atomic mass is 32.1. The highest BCUT2D eigenvalue weighted by molar-refractivity contribution is 7.16. The first kappa shape index (κ1) is 18.7. The van der Waals surface area contributed by atoms with Gasteiger partial charge in [0.1, 0.15) is 6.61 Å². The van der Waals surface area contributed by atoms with E-state index in [0.717, 1.165) is 11.3 Å². The van der Waals surface area contributed by atoms with E-state index in [4.69, 9.17) is 4.74 Å². The smallest absolute Gasteiger partial charge is 0.252 e. The molecule has 25 heavy (non-hydrogen) atoms. The highest BCUT2D eigenvalue weighted by Gasteiger charge is 2.37. The van der Waals surface area contributed by atoms with E-state index in [0.29, 0.717) is 15.7 Å². The van der Waals surface area contributed by atoms with Gasteiger partial charge in [-0.2, -0.15) is 0 Å². The minimum Gasteiger partial charge on any atom is -0.375 e. The number of anilines is 1. The number of nitrogens with zero attached hydrogens (tertiary/aromatic N) is 2. The summed E-state index contributed by atoms with van der Waals surface area (Å²) in [5, 5.41) is 2.90. The van der Waals surface area contributed by atoms with Gasteiger partial charge in [-0.3, -0.25) is 24.5 Å². The van der Waals surface area contributed by atoms with Gasteiger partial charge in [0.25, 0.3) is 5.91 Å². The number of ketones is 2. The minimum absolute atomic E-state index is 0.0877. The Labute approximate surface area is 148 Å². The average Bonchev–Trinajstić information content (AvgIpc) is 2.98. The molecule has 0 radical (unpaired) electrons. The maximum absolute atomic E-state index is 12.2. The molecule has 0 saturated heterocycles. The third-order valence-electron chi connectivity index (χ3n) is 3.48. The number of allylic oxidation sites excluding steroid dienone is 3. The number of aromatic nitrogens is 1. The van der Waals surface area contributed by atoms with Gasteiger partial charge in [-0.15, -0.1) is 0 Å². The van der Waals surface area contributed by atoms with Crippen LogP contribution < -0.4 is 5.32 Å². The van der Waals surface area contributed by atoms with Crippen LogP contribution in [0.2, 0.25) is 0 Å². The number of amides is 2. The Hall–Kier alpha value is -2.65. The molecular weight excluding hydrogens is 346 g/mol. The van der Waals surface area contributed by atoms with Crippen molar-refractivity contribution in [2.24, 2.45) is 5.92 Å². The van der Waals surface area contributed by atoms with Gasteiger partial charge in [-0.25, -0.2) is 4.98 Å². The monoisotopic (exact) mass is 363 g/mol. The van der Waals surface area contributed by atoms with E-state index in [2.05, 4.69) is 10.3 Å². The summed E-state index contributed by atoms with van der Waals surface area (Å²) in [5.74, 6) is -3.35. The Morgan fingerprint density at radius 3 is 2.84 bits per heavy atom. The lowest BCUT2D eigenvalue weighted by molar-refractivity contribution is -0.143. The number of methoxy groups -OCH3 is 1. The quantitative estimate of drug-likeness (QED) is 0.594. The van der Waals surface area contributed by atoms with Crippen LogP contribution in [0.15, 0.2) is 24.0 Å². The summed E-state index contributed by atoms with van der Waals surface area (Å²) in [6.45, 7) is 1.54. The second-order valence-corrected chi connectivity index (χ2v) is 6.37. The zero-order valence-corrected chi connectivity index (χ0v) is 14.8. The number of carbonyl (C=O) groups is 4. The molecule has 0 saturated carbocycles. The van der Waals surface area contributed by atoms with Crippen molar-refractivity contribution in [1.29, 1.82) is 0 Å². The Morgan fingerprint density at radius 1 is 1.44 bits per heavy atom. The van der Waals surface area contributed by atoms with Crippen molar-refractivity contribution < 1.29 is 23.9 Å². The summed E-state index contributed by atoms with van der Waals surface area (Å²) in [5.41, 5.74) is 0.502. The van der Waals surface area contributed by atoms with Crippen LogP contribution in [0.25, 0.3) is 6.08 Å². The maximum Gasteiger partial charge on any atom is 0.252 e. The van der Waals surface area contributed by atoms with E-state index < -0.39 is 23.4 Å². The molecule has 0 aromatic carbocycles. The van der Waals surface area contributed by atoms with Crippen LogP contribution in [0.5, 0.6) is 0 Å². The standard InChI is InChI=1S/C16H17N3O5S/c1-9-6-12(21)14(15(23)19(9)2)11(20)5-4-10-7-17-16(25-10)18-13(22)8-24-3/h4-7,14H,8H2,1-3H3,(H,17,18,22)/b5-4+. The fourth-order valence-corrected chi connectivity index (χ4v) is 2.84. The normalized spacial score (nSPS) is 17.8. The third-order valence-corrected chi connectivity index (χ3v) is 4.36. The van der Waals surface area contributed by atoms with Crippen molar-refractivity contribution >= 4 is 45.9 Å². The van der Waals surface area contributed by atoms with Crippen molar-refractivity contribution in [3.8, 4) is 0 Å². The summed E-state index contributed by atoms with van der Waals surface area (Å²) in [6, 6.07) is 0. The van der Waals surface area contributed by atoms with Crippen LogP contribution in [0, 0.1) is 5.92 Å². The number of thiazole rings is 1. The second kappa shape index (κ2) is 7.95. The van der Waals surface area contributed by atoms with Gasteiger partial charge in [0.2, 0.25) is 5.91 Å². The lowest BCUT2D eigenvalue weighted by Crippen LogP contribution is -2.43. The molecule has 0 fully saturated rings. The summed E-state index contributed by atoms with van der Waals surface area (Å²) < 4.78 is 4.70. The van der Waals surface area contributed by atoms with E-state index in [1.807, 2.05) is 0 Å². The lowest BCUT2D eigenvalue weighted by Gasteiger charge is -2.25. The molecule has 1 atom stereocenters. The molecule has 9 heteroatoms. The molecule has 2 heterocycles. The van der Waals surface area contributed by atoms with E-state index in [9.17, 15) is 19.2 Å². The summed E-state index contributed by atoms with van der Waals surface area (Å²) in [4.78, 5) is 53.6. The fourth-order valence-electron chi connectivity index (χ4n) is 2.11. The van der Waals surface area contributed by atoms with Crippen LogP contribution in [-0.4, -0.2) is 54.0 Å². The van der Waals surface area contributed by atoms with Gasteiger partial charge < -0.3 is 9.64 Å². The third kappa shape index (κ3) is 4.46. The Morgan fingerprint density at radius 2 is 2.16 bits per heavy atom. The Bertz CT molecular complexity index is 780. The molecule has 2 rings (SSSR count). The molecule has 1 N–H and O–H groups in total. The SMILES string of the molecule is COCC(=O)Nc1ncc(/C=C/C(=O)C2C(=O)C=C(C)N(C)C2=O)s1. The van der Waals surface area contributed by atoms with E-state index in [-0.39, 0.29) is 12.5 Å². The molecular formula is C16H17N3O5S. The Kier molecular flexibility index (Phi) is 5.94. The van der Waals surface area contributed by atoms with Crippen molar-refractivity contribution in [3.63, 3.8) is 0 Å². The molecule has 132 valence electrons. The van der Waals surface area contributed by atoms with Crippen LogP contribution in [-0.2, 0) is 23.9 Å². The number of carbonyl (C=O) groups excluding carboxylic acids is 4. The van der Waals surface area contributed by atoms with E-state index in [1.165, 1.54) is 43.5 Å². The van der Waals surface area contributed by atoms with Gasteiger partial charge in [0.05, 0.1) is 0 Å². The number of ether oxygens (including phenoxy) is 1. The zero-order valence-electron chi connectivity index (χ0n) is 13.9. The molecule has 0 aliphatic carbocycles. The van der Waals surface area contributed by atoms with Crippen molar-refractivity contribution in [2.45, 2.75) is 6.92 Å². The molecule has 1 aliphatic rings. The molecule has 0 spiro atoms. The lowest BCUT2D eigenvalue weighted by atomic mass is 9.93. The predicted octanol–water partition coefficient (Wildman–Crippen LogP) is 0.871. The number of rotatable bonds is 6. The van der Waals surface area contributed by atoms with Crippen molar-refractivity contribution in [3.05, 3.63) is 28.9 Å². The molecule has 1 aromatic heterocycles. The summed E-state index contributed by atoms with van der Waals surface area (Å²) in [7, 11) is 2.92. The van der Waals surface area contributed by atoms with Gasteiger partial charge in [-0.1, -0.05) is 11.3 Å². The van der Waals surface area contributed by atoms with Crippen LogP contribution in [0.3, 0.4) is 0 Å². The van der Waals surface area contributed by atoms with Gasteiger partial charge >= 0.3 is 0 Å². The van der Waals surface area contributed by atoms with Crippen LogP contribution >= 0.6 is 11.3 Å². The summed E-state index contributed by atoms with van der Waals surface area (Å²) in [6.07, 6.45) is 5.39. The van der Waals surface area contributed by atoms with Crippen molar-refractivity contribution in [2.75, 3.05) is 26.1 Å². The first-order chi connectivity index (χ1) is 11.8. The van der Waals surface area contributed by atoms with Crippen LogP contribution in [0.1, 0.15) is 11.8 Å². The van der Waals surface area contributed by atoms with Gasteiger partial charge in [-0.05, 0) is 19.1 Å². The highest BCUT2D eigenvalue weighted by Crippen LogP contribution is 2.21. The second-order valence-electron chi connectivity index (χ2n) is 5.30. The zero-order chi connectivity index (χ0) is 18.6. The van der Waals surface area contributed by atoms with Gasteiger partial charge in [0.15, 0.2) is 22.6 Å². The number of hydrogen-bond acceptors (Lipinski definition) is 7. The number of hydrogen-bond donors (Lipinski definition) is 1. The van der Waals surface area contributed by atoms with E-state index in [1.54, 1.807) is 6.92 Å². The first-order valence-electron chi connectivity index (χ1n) is 7.29. The summed E-state index contributed by atoms with van der Waals surface area (Å²) >= 11 is 1.15. The molecule has 2 amide bonds. The molecule has 1 aliphatic heterocycles. The maximum atomic E-state index is 12.2. The van der Waals surface area contributed by atoms with E-state index >= 15 is 0 Å². The first-order valence-corrected chi connectivity index (χ1v) is 8.11. The van der Waals surface area contributed by atoms with Crippen LogP contribution in [0.4, 0.5) is 5.13 Å². The topological polar surface area (TPSA) is 106 Å². The largest absolute Gasteiger partial charge is 0.375 e. The molecule has 8 nitrogen and oxygen atoms in total. The average molecular weight is 363 g/mol. The minimum atomic E-state index is -1.35. The molecule has 1 unspecified atom stereocenters. The Balaban J connectivity index is 2.06. The van der Waals surface area contributed by atoms with Crippen molar-refractivity contribution in [1.82, 2.24) is 9.88 Å². The predicted molar refractivity (Wildman–Crippen MR) is 91.7 cm³/mol. The molecule has 1 aromatic rings. The molecule has 0 bridgehead atoms. The van der Waals surface area contributed by atoms with Gasteiger partial charge in [0, 0.05) is 37.0 Å². The fraction of sp³-hybridized carbons (Fsp3) is 0.312. The number of nitrogens with one attached hydrogen (secondary N) is 1.